The maximum absolute atomic E-state index is 12.5. The second-order valence-corrected chi connectivity index (χ2v) is 8.05. The SMILES string of the molecule is Cc1cc(/C=N\NC(=O)c2cc3cc([N+](=O)[O-])ccc3s2)c(C)n1-c1ccc(O)cc1. The van der Waals surface area contributed by atoms with Crippen molar-refractivity contribution >= 4 is 39.2 Å². The van der Waals surface area contributed by atoms with Gasteiger partial charge in [-0.05, 0) is 56.3 Å². The number of hydrogen-bond acceptors (Lipinski definition) is 6. The minimum Gasteiger partial charge on any atom is -0.508 e. The minimum absolute atomic E-state index is 0.0146. The van der Waals surface area contributed by atoms with Crippen LogP contribution in [0.1, 0.15) is 26.6 Å². The molecule has 0 aliphatic heterocycles. The number of phenolic OH excluding ortho intramolecular Hbond substituents is 1. The molecule has 2 aromatic carbocycles. The van der Waals surface area contributed by atoms with Crippen LogP contribution < -0.4 is 5.43 Å². The normalized spacial score (nSPS) is 11.3. The number of benzene rings is 2. The predicted molar refractivity (Wildman–Crippen MR) is 120 cm³/mol. The Labute approximate surface area is 181 Å². The fourth-order valence-electron chi connectivity index (χ4n) is 3.39. The largest absolute Gasteiger partial charge is 0.508 e. The van der Waals surface area contributed by atoms with Crippen molar-refractivity contribution in [2.75, 3.05) is 0 Å². The quantitative estimate of drug-likeness (QED) is 0.270. The molecule has 0 spiro atoms. The van der Waals surface area contributed by atoms with Gasteiger partial charge in [-0.25, -0.2) is 5.43 Å². The molecular formula is C22H18N4O4S. The third-order valence-corrected chi connectivity index (χ3v) is 6.00. The van der Waals surface area contributed by atoms with Gasteiger partial charge in [-0.2, -0.15) is 5.10 Å². The van der Waals surface area contributed by atoms with Crippen LogP contribution in [0.15, 0.2) is 59.7 Å². The molecule has 0 aliphatic carbocycles. The Bertz CT molecular complexity index is 1340. The van der Waals surface area contributed by atoms with Crippen molar-refractivity contribution in [2.24, 2.45) is 5.10 Å². The van der Waals surface area contributed by atoms with Crippen molar-refractivity contribution < 1.29 is 14.8 Å². The molecule has 0 saturated heterocycles. The Balaban J connectivity index is 1.51. The lowest BCUT2D eigenvalue weighted by atomic mass is 10.2. The number of non-ortho nitro benzene ring substituents is 1. The number of rotatable bonds is 5. The Morgan fingerprint density at radius 3 is 2.61 bits per heavy atom. The summed E-state index contributed by atoms with van der Waals surface area (Å²) < 4.78 is 2.82. The molecular weight excluding hydrogens is 416 g/mol. The van der Waals surface area contributed by atoms with Crippen LogP contribution in [-0.2, 0) is 0 Å². The van der Waals surface area contributed by atoms with Crippen LogP contribution >= 0.6 is 11.3 Å². The van der Waals surface area contributed by atoms with Crippen LogP contribution in [0, 0.1) is 24.0 Å². The van der Waals surface area contributed by atoms with Gasteiger partial charge in [0.2, 0.25) is 0 Å². The molecule has 8 nitrogen and oxygen atoms in total. The molecule has 1 amide bonds. The summed E-state index contributed by atoms with van der Waals surface area (Å²) in [5.74, 6) is -0.181. The number of nitro groups is 1. The molecule has 31 heavy (non-hydrogen) atoms. The second-order valence-electron chi connectivity index (χ2n) is 6.97. The number of nitrogens with one attached hydrogen (secondary N) is 1. The summed E-state index contributed by atoms with van der Waals surface area (Å²) in [7, 11) is 0. The van der Waals surface area contributed by atoms with Gasteiger partial charge in [0.05, 0.1) is 16.0 Å². The molecule has 0 saturated carbocycles. The van der Waals surface area contributed by atoms with E-state index >= 15 is 0 Å². The van der Waals surface area contributed by atoms with Crippen LogP contribution in [-0.4, -0.2) is 26.7 Å². The van der Waals surface area contributed by atoms with E-state index in [-0.39, 0.29) is 17.3 Å². The first-order valence-electron chi connectivity index (χ1n) is 9.33. The first-order valence-corrected chi connectivity index (χ1v) is 10.1. The van der Waals surface area contributed by atoms with E-state index in [1.165, 1.54) is 23.5 Å². The Kier molecular flexibility index (Phi) is 5.26. The molecule has 4 aromatic rings. The molecule has 0 fully saturated rings. The number of aromatic nitrogens is 1. The zero-order chi connectivity index (χ0) is 22.1. The van der Waals surface area contributed by atoms with E-state index in [4.69, 9.17) is 0 Å². The van der Waals surface area contributed by atoms with E-state index in [0.717, 1.165) is 27.3 Å². The zero-order valence-electron chi connectivity index (χ0n) is 16.7. The average Bonchev–Trinajstić information content (AvgIpc) is 3.29. The molecule has 2 heterocycles. The summed E-state index contributed by atoms with van der Waals surface area (Å²) in [6.45, 7) is 3.91. The molecule has 2 aromatic heterocycles. The molecule has 4 rings (SSSR count). The summed E-state index contributed by atoms with van der Waals surface area (Å²) in [6.07, 6.45) is 1.58. The summed E-state index contributed by atoms with van der Waals surface area (Å²) in [5.41, 5.74) is 6.19. The lowest BCUT2D eigenvalue weighted by Crippen LogP contribution is -2.16. The third kappa shape index (κ3) is 4.03. The highest BCUT2D eigenvalue weighted by molar-refractivity contribution is 7.20. The van der Waals surface area contributed by atoms with Gasteiger partial charge in [0, 0.05) is 44.9 Å². The number of hydrogen-bond donors (Lipinski definition) is 2. The van der Waals surface area contributed by atoms with Gasteiger partial charge in [-0.15, -0.1) is 11.3 Å². The van der Waals surface area contributed by atoms with Gasteiger partial charge in [0.25, 0.3) is 11.6 Å². The topological polar surface area (TPSA) is 110 Å². The maximum Gasteiger partial charge on any atom is 0.281 e. The molecule has 156 valence electrons. The van der Waals surface area contributed by atoms with Crippen molar-refractivity contribution in [3.63, 3.8) is 0 Å². The summed E-state index contributed by atoms with van der Waals surface area (Å²) in [4.78, 5) is 23.3. The average molecular weight is 434 g/mol. The number of carbonyl (C=O) groups is 1. The summed E-state index contributed by atoms with van der Waals surface area (Å²) in [6, 6.07) is 15.0. The number of carbonyl (C=O) groups excluding carboxylic acids is 1. The third-order valence-electron chi connectivity index (χ3n) is 4.88. The number of aromatic hydroxyl groups is 1. The van der Waals surface area contributed by atoms with E-state index in [9.17, 15) is 20.0 Å². The van der Waals surface area contributed by atoms with Gasteiger partial charge in [0.1, 0.15) is 5.75 Å². The van der Waals surface area contributed by atoms with Crippen LogP contribution in [0.2, 0.25) is 0 Å². The van der Waals surface area contributed by atoms with Gasteiger partial charge in [0.15, 0.2) is 0 Å². The number of nitrogens with zero attached hydrogens (tertiary/aromatic N) is 3. The van der Waals surface area contributed by atoms with Crippen LogP contribution in [0.4, 0.5) is 5.69 Å². The van der Waals surface area contributed by atoms with Crippen LogP contribution in [0.25, 0.3) is 15.8 Å². The molecule has 2 N–H and O–H groups in total. The molecule has 0 atom stereocenters. The number of aryl methyl sites for hydroxylation is 1. The van der Waals surface area contributed by atoms with Gasteiger partial charge >= 0.3 is 0 Å². The number of amides is 1. The second kappa shape index (κ2) is 8.04. The van der Waals surface area contributed by atoms with Crippen molar-refractivity contribution in [2.45, 2.75) is 13.8 Å². The van der Waals surface area contributed by atoms with Gasteiger partial charge in [-0.1, -0.05) is 0 Å². The molecule has 0 aliphatic rings. The zero-order valence-corrected chi connectivity index (χ0v) is 17.5. The monoisotopic (exact) mass is 434 g/mol. The van der Waals surface area contributed by atoms with Gasteiger partial charge < -0.3 is 9.67 Å². The Morgan fingerprint density at radius 2 is 1.90 bits per heavy atom. The first kappa shape index (κ1) is 20.3. The standard InChI is InChI=1S/C22H18N4O4S/c1-13-9-16(14(2)25(13)17-3-6-19(27)7-4-17)12-23-24-22(28)21-11-15-10-18(26(29)30)5-8-20(15)31-21/h3-12,27H,1-2H3,(H,24,28)/b23-12-. The summed E-state index contributed by atoms with van der Waals surface area (Å²) in [5, 5.41) is 25.1. The van der Waals surface area contributed by atoms with E-state index in [1.54, 1.807) is 30.5 Å². The summed E-state index contributed by atoms with van der Waals surface area (Å²) >= 11 is 1.25. The van der Waals surface area contributed by atoms with E-state index in [0.29, 0.717) is 10.3 Å². The van der Waals surface area contributed by atoms with Crippen molar-refractivity contribution in [3.8, 4) is 11.4 Å². The van der Waals surface area contributed by atoms with Crippen LogP contribution in [0.5, 0.6) is 5.75 Å². The van der Waals surface area contributed by atoms with Crippen LogP contribution in [0.3, 0.4) is 0 Å². The first-order chi connectivity index (χ1) is 14.8. The van der Waals surface area contributed by atoms with Crippen molar-refractivity contribution in [1.82, 2.24) is 9.99 Å². The fourth-order valence-corrected chi connectivity index (χ4v) is 4.32. The Morgan fingerprint density at radius 1 is 1.16 bits per heavy atom. The Hall–Kier alpha value is -3.98. The molecule has 0 bridgehead atoms. The number of hydrazone groups is 1. The van der Waals surface area contributed by atoms with E-state index in [1.807, 2.05) is 36.6 Å². The van der Waals surface area contributed by atoms with E-state index < -0.39 is 4.92 Å². The smallest absolute Gasteiger partial charge is 0.281 e. The highest BCUT2D eigenvalue weighted by atomic mass is 32.1. The van der Waals surface area contributed by atoms with Crippen molar-refractivity contribution in [1.29, 1.82) is 0 Å². The maximum atomic E-state index is 12.5. The fraction of sp³-hybridized carbons (Fsp3) is 0.0909. The highest BCUT2D eigenvalue weighted by Crippen LogP contribution is 2.29. The number of fused-ring (bicyclic) bond motifs is 1. The molecule has 9 heteroatoms. The highest BCUT2D eigenvalue weighted by Gasteiger charge is 2.13. The molecule has 0 unspecified atom stereocenters. The lowest BCUT2D eigenvalue weighted by molar-refractivity contribution is -0.384. The van der Waals surface area contributed by atoms with Crippen molar-refractivity contribution in [3.05, 3.63) is 86.5 Å². The predicted octanol–water partition coefficient (Wildman–Crippen LogP) is 4.69. The molecule has 0 radical (unpaired) electrons. The van der Waals surface area contributed by atoms with Gasteiger partial charge in [-0.3, -0.25) is 14.9 Å². The van der Waals surface area contributed by atoms with E-state index in [2.05, 4.69) is 10.5 Å². The number of phenols is 1. The lowest BCUT2D eigenvalue weighted by Gasteiger charge is -2.09. The number of thiophene rings is 1. The number of nitro benzene ring substituents is 1. The minimum atomic E-state index is -0.463.